The van der Waals surface area contributed by atoms with Gasteiger partial charge in [-0.1, -0.05) is 0 Å². The number of aliphatic carboxylic acids is 1. The van der Waals surface area contributed by atoms with Crippen LogP contribution in [0.25, 0.3) is 0 Å². The van der Waals surface area contributed by atoms with Crippen molar-refractivity contribution in [3.63, 3.8) is 0 Å². The standard InChI is InChI=1S/C12H19NO5/c1-11(2,3)18-10(16)13-6-12-4-7(5-12)17-8(12)9(14)15/h7-8H,4-6H2,1-3H3,(H,13,16)(H,14,15). The highest BCUT2D eigenvalue weighted by atomic mass is 16.6. The van der Waals surface area contributed by atoms with Crippen molar-refractivity contribution in [1.29, 1.82) is 0 Å². The summed E-state index contributed by atoms with van der Waals surface area (Å²) in [6.07, 6.45) is 0.0971. The molecule has 2 aliphatic heterocycles. The van der Waals surface area contributed by atoms with Crippen LogP contribution in [0.4, 0.5) is 4.79 Å². The molecule has 1 aliphatic carbocycles. The Morgan fingerprint density at radius 1 is 1.44 bits per heavy atom. The molecule has 1 amide bonds. The molecule has 3 aliphatic rings. The van der Waals surface area contributed by atoms with Gasteiger partial charge < -0.3 is 19.9 Å². The van der Waals surface area contributed by atoms with Crippen LogP contribution < -0.4 is 5.32 Å². The molecule has 3 rings (SSSR count). The summed E-state index contributed by atoms with van der Waals surface area (Å²) >= 11 is 0. The zero-order valence-electron chi connectivity index (χ0n) is 10.9. The van der Waals surface area contributed by atoms with Crippen LogP contribution in [-0.2, 0) is 14.3 Å². The van der Waals surface area contributed by atoms with E-state index in [4.69, 9.17) is 14.6 Å². The first-order valence-electron chi connectivity index (χ1n) is 6.07. The number of amides is 1. The molecule has 1 saturated carbocycles. The molecule has 0 aromatic carbocycles. The zero-order valence-corrected chi connectivity index (χ0v) is 10.9. The van der Waals surface area contributed by atoms with Crippen LogP contribution in [-0.4, -0.2) is 41.5 Å². The molecule has 18 heavy (non-hydrogen) atoms. The number of carbonyl (C=O) groups excluding carboxylic acids is 1. The van der Waals surface area contributed by atoms with Crippen LogP contribution in [0.1, 0.15) is 33.6 Å². The molecule has 1 atom stereocenters. The van der Waals surface area contributed by atoms with Crippen molar-refractivity contribution >= 4 is 12.1 Å². The third-order valence-electron chi connectivity index (χ3n) is 3.36. The number of carboxylic acids is 1. The number of carboxylic acid groups (broad SMARTS) is 1. The third kappa shape index (κ3) is 2.43. The van der Waals surface area contributed by atoms with Crippen LogP contribution in [0.15, 0.2) is 0 Å². The molecule has 102 valence electrons. The quantitative estimate of drug-likeness (QED) is 0.792. The van der Waals surface area contributed by atoms with E-state index >= 15 is 0 Å². The van der Waals surface area contributed by atoms with Crippen LogP contribution in [0.3, 0.4) is 0 Å². The topological polar surface area (TPSA) is 84.9 Å². The maximum absolute atomic E-state index is 11.5. The Kier molecular flexibility index (Phi) is 3.01. The Morgan fingerprint density at radius 2 is 2.06 bits per heavy atom. The highest BCUT2D eigenvalue weighted by Gasteiger charge is 2.61. The van der Waals surface area contributed by atoms with Crippen LogP contribution in [0.2, 0.25) is 0 Å². The molecule has 3 fully saturated rings. The van der Waals surface area contributed by atoms with E-state index in [-0.39, 0.29) is 12.6 Å². The van der Waals surface area contributed by atoms with Crippen molar-refractivity contribution in [2.45, 2.75) is 51.4 Å². The summed E-state index contributed by atoms with van der Waals surface area (Å²) in [7, 11) is 0. The fraction of sp³-hybridized carbons (Fsp3) is 0.833. The highest BCUT2D eigenvalue weighted by Crippen LogP contribution is 2.54. The van der Waals surface area contributed by atoms with Gasteiger partial charge in [0.15, 0.2) is 6.10 Å². The lowest BCUT2D eigenvalue weighted by Crippen LogP contribution is -2.49. The highest BCUT2D eigenvalue weighted by molar-refractivity contribution is 5.75. The molecule has 2 bridgehead atoms. The molecule has 0 aromatic heterocycles. The predicted molar refractivity (Wildman–Crippen MR) is 62.2 cm³/mol. The van der Waals surface area contributed by atoms with E-state index in [0.717, 1.165) is 0 Å². The SMILES string of the molecule is CC(C)(C)OC(=O)NCC12CC(C1)OC2C(=O)O. The lowest BCUT2D eigenvalue weighted by Gasteiger charge is -2.37. The molecule has 0 radical (unpaired) electrons. The maximum atomic E-state index is 11.5. The van der Waals surface area contributed by atoms with E-state index in [2.05, 4.69) is 5.32 Å². The molecule has 0 aromatic rings. The number of hydrogen-bond acceptors (Lipinski definition) is 4. The minimum Gasteiger partial charge on any atom is -0.479 e. The van der Waals surface area contributed by atoms with E-state index in [1.165, 1.54) is 0 Å². The van der Waals surface area contributed by atoms with E-state index in [1.807, 2.05) is 0 Å². The summed E-state index contributed by atoms with van der Waals surface area (Å²) in [5.74, 6) is -0.957. The first kappa shape index (κ1) is 13.1. The summed E-state index contributed by atoms with van der Waals surface area (Å²) in [5, 5.41) is 11.7. The van der Waals surface area contributed by atoms with E-state index in [0.29, 0.717) is 12.8 Å². The van der Waals surface area contributed by atoms with Gasteiger partial charge in [0.05, 0.1) is 6.10 Å². The molecule has 2 N–H and O–H groups in total. The van der Waals surface area contributed by atoms with Gasteiger partial charge >= 0.3 is 12.1 Å². The van der Waals surface area contributed by atoms with E-state index < -0.39 is 29.2 Å². The normalized spacial score (nSPS) is 33.7. The number of hydrogen-bond donors (Lipinski definition) is 2. The Hall–Kier alpha value is -1.30. The molecular formula is C12H19NO5. The van der Waals surface area contributed by atoms with Gasteiger partial charge in [-0.05, 0) is 33.6 Å². The van der Waals surface area contributed by atoms with Crippen LogP contribution in [0, 0.1) is 5.41 Å². The van der Waals surface area contributed by atoms with Crippen molar-refractivity contribution in [3.05, 3.63) is 0 Å². The van der Waals surface area contributed by atoms with Gasteiger partial charge in [-0.25, -0.2) is 9.59 Å². The summed E-state index contributed by atoms with van der Waals surface area (Å²) in [5.41, 5.74) is -1.00. The number of ether oxygens (including phenoxy) is 2. The smallest absolute Gasteiger partial charge is 0.407 e. The summed E-state index contributed by atoms with van der Waals surface area (Å²) in [6, 6.07) is 0. The van der Waals surface area contributed by atoms with Crippen molar-refractivity contribution in [2.24, 2.45) is 5.41 Å². The van der Waals surface area contributed by atoms with Gasteiger partial charge in [0.25, 0.3) is 0 Å². The monoisotopic (exact) mass is 257 g/mol. The van der Waals surface area contributed by atoms with Crippen LogP contribution in [0.5, 0.6) is 0 Å². The van der Waals surface area contributed by atoms with Gasteiger partial charge in [-0.2, -0.15) is 0 Å². The number of fused-ring (bicyclic) bond motifs is 1. The molecular weight excluding hydrogens is 238 g/mol. The van der Waals surface area contributed by atoms with Gasteiger partial charge in [0.2, 0.25) is 0 Å². The second-order valence-electron chi connectivity index (χ2n) is 6.10. The Morgan fingerprint density at radius 3 is 2.56 bits per heavy atom. The summed E-state index contributed by atoms with van der Waals surface area (Å²) < 4.78 is 10.5. The maximum Gasteiger partial charge on any atom is 0.407 e. The first-order valence-corrected chi connectivity index (χ1v) is 6.07. The second kappa shape index (κ2) is 4.12. The third-order valence-corrected chi connectivity index (χ3v) is 3.36. The minimum absolute atomic E-state index is 0.0338. The van der Waals surface area contributed by atoms with Crippen molar-refractivity contribution in [3.8, 4) is 0 Å². The Balaban J connectivity index is 1.87. The second-order valence-corrected chi connectivity index (χ2v) is 6.10. The predicted octanol–water partition coefficient (Wildman–Crippen LogP) is 1.14. The number of alkyl carbamates (subject to hydrolysis) is 1. The zero-order chi connectivity index (χ0) is 13.6. The van der Waals surface area contributed by atoms with E-state index in [9.17, 15) is 9.59 Å². The van der Waals surface area contributed by atoms with Crippen molar-refractivity contribution in [2.75, 3.05) is 6.54 Å². The first-order chi connectivity index (χ1) is 8.22. The molecule has 2 saturated heterocycles. The number of nitrogens with one attached hydrogen (secondary N) is 1. The molecule has 1 unspecified atom stereocenters. The average Bonchev–Trinajstić information content (AvgIpc) is 2.65. The lowest BCUT2D eigenvalue weighted by molar-refractivity contribution is -0.149. The van der Waals surface area contributed by atoms with Gasteiger partial charge in [0.1, 0.15) is 5.60 Å². The molecule has 0 spiro atoms. The Labute approximate surface area is 106 Å². The molecule has 2 heterocycles. The average molecular weight is 257 g/mol. The van der Waals surface area contributed by atoms with Crippen molar-refractivity contribution in [1.82, 2.24) is 5.32 Å². The number of carbonyl (C=O) groups is 2. The summed E-state index contributed by atoms with van der Waals surface area (Å²) in [4.78, 5) is 22.6. The van der Waals surface area contributed by atoms with Crippen molar-refractivity contribution < 1.29 is 24.2 Å². The van der Waals surface area contributed by atoms with Gasteiger partial charge in [-0.15, -0.1) is 0 Å². The molecule has 6 heteroatoms. The fourth-order valence-corrected chi connectivity index (χ4v) is 2.61. The number of rotatable bonds is 3. The summed E-state index contributed by atoms with van der Waals surface area (Å²) in [6.45, 7) is 5.63. The Bertz CT molecular complexity index is 367. The van der Waals surface area contributed by atoms with Gasteiger partial charge in [0, 0.05) is 12.0 Å². The lowest BCUT2D eigenvalue weighted by atomic mass is 9.66. The molecule has 6 nitrogen and oxygen atoms in total. The minimum atomic E-state index is -0.957. The largest absolute Gasteiger partial charge is 0.479 e. The van der Waals surface area contributed by atoms with Gasteiger partial charge in [-0.3, -0.25) is 0 Å². The van der Waals surface area contributed by atoms with Crippen LogP contribution >= 0.6 is 0 Å². The fourth-order valence-electron chi connectivity index (χ4n) is 2.61. The van der Waals surface area contributed by atoms with E-state index in [1.54, 1.807) is 20.8 Å².